The van der Waals surface area contributed by atoms with Gasteiger partial charge in [-0.3, -0.25) is 0 Å². The number of anilines is 3. The zero-order chi connectivity index (χ0) is 38.4. The lowest BCUT2D eigenvalue weighted by Gasteiger charge is -2.27. The van der Waals surface area contributed by atoms with Gasteiger partial charge in [0.1, 0.15) is 0 Å². The van der Waals surface area contributed by atoms with Crippen LogP contribution in [-0.2, 0) is 0 Å². The number of benzene rings is 10. The van der Waals surface area contributed by atoms with Crippen molar-refractivity contribution in [2.45, 2.75) is 0 Å². The van der Waals surface area contributed by atoms with Gasteiger partial charge in [-0.2, -0.15) is 0 Å². The summed E-state index contributed by atoms with van der Waals surface area (Å²) in [6.07, 6.45) is 0. The quantitative estimate of drug-likeness (QED) is 0.158. The number of nitrogens with zero attached hydrogens (tertiary/aromatic N) is 2. The Balaban J connectivity index is 1.06. The molecule has 10 aromatic carbocycles. The van der Waals surface area contributed by atoms with Crippen molar-refractivity contribution < 1.29 is 0 Å². The van der Waals surface area contributed by atoms with Crippen LogP contribution in [0.1, 0.15) is 0 Å². The number of fused-ring (bicyclic) bond motifs is 5. The molecule has 2 nitrogen and oxygen atoms in total. The molecule has 0 aliphatic heterocycles. The summed E-state index contributed by atoms with van der Waals surface area (Å²) in [6, 6.07) is 83.8. The van der Waals surface area contributed by atoms with Crippen molar-refractivity contribution in [3.8, 4) is 39.1 Å². The van der Waals surface area contributed by atoms with Gasteiger partial charge >= 0.3 is 0 Å². The minimum Gasteiger partial charge on any atom is -0.310 e. The smallest absolute Gasteiger partial charge is 0.0547 e. The zero-order valence-electron chi connectivity index (χ0n) is 31.8. The maximum absolute atomic E-state index is 2.39. The normalized spacial score (nSPS) is 11.4. The molecule has 0 saturated carbocycles. The van der Waals surface area contributed by atoms with Crippen molar-refractivity contribution in [1.82, 2.24) is 4.57 Å². The van der Waals surface area contributed by atoms with E-state index in [0.29, 0.717) is 0 Å². The van der Waals surface area contributed by atoms with Crippen LogP contribution in [0.25, 0.3) is 82.4 Å². The topological polar surface area (TPSA) is 8.17 Å². The zero-order valence-corrected chi connectivity index (χ0v) is 31.8. The predicted octanol–water partition coefficient (Wildman–Crippen LogP) is 15.6. The summed E-state index contributed by atoms with van der Waals surface area (Å²) in [4.78, 5) is 2.39. The number of hydrogen-bond donors (Lipinski definition) is 0. The van der Waals surface area contributed by atoms with Crippen LogP contribution in [0.15, 0.2) is 231 Å². The second-order valence-corrected chi connectivity index (χ2v) is 15.0. The van der Waals surface area contributed by atoms with Crippen molar-refractivity contribution in [3.05, 3.63) is 231 Å². The van der Waals surface area contributed by atoms with E-state index in [1.54, 1.807) is 0 Å². The highest BCUT2D eigenvalue weighted by atomic mass is 15.1. The molecule has 0 bridgehead atoms. The Morgan fingerprint density at radius 3 is 1.52 bits per heavy atom. The molecular weight excluding hydrogens is 701 g/mol. The molecule has 11 aromatic rings. The monoisotopic (exact) mass is 738 g/mol. The minimum atomic E-state index is 1.09. The van der Waals surface area contributed by atoms with Crippen molar-refractivity contribution in [2.75, 3.05) is 4.90 Å². The molecule has 0 saturated heterocycles. The number of hydrogen-bond acceptors (Lipinski definition) is 1. The first-order valence-electron chi connectivity index (χ1n) is 19.9. The fourth-order valence-corrected chi connectivity index (χ4v) is 8.74. The molecule has 58 heavy (non-hydrogen) atoms. The first-order valence-corrected chi connectivity index (χ1v) is 19.9. The van der Waals surface area contributed by atoms with Gasteiger partial charge in [-0.05, 0) is 128 Å². The van der Waals surface area contributed by atoms with E-state index in [0.717, 1.165) is 22.7 Å². The Kier molecular flexibility index (Phi) is 8.19. The van der Waals surface area contributed by atoms with Crippen LogP contribution in [0.3, 0.4) is 0 Å². The number of para-hydroxylation sites is 2. The summed E-state index contributed by atoms with van der Waals surface area (Å²) in [6.45, 7) is 0. The molecule has 0 fully saturated rings. The van der Waals surface area contributed by atoms with Crippen molar-refractivity contribution >= 4 is 60.4 Å². The van der Waals surface area contributed by atoms with E-state index in [1.807, 2.05) is 0 Å². The Bertz CT molecular complexity index is 3280. The SMILES string of the molecule is c1ccc(-n2c3ccccc3c3c(-c4cccc(N(c5ccc(-c6ccc7ccccc7c6)cc5)c5cccc(-c6ccc7ccccc7c6)c5)c4)cccc32)cc1. The van der Waals surface area contributed by atoms with Gasteiger partial charge in [0.15, 0.2) is 0 Å². The Hall–Kier alpha value is -7.68. The van der Waals surface area contributed by atoms with Gasteiger partial charge in [0.05, 0.1) is 11.0 Å². The van der Waals surface area contributed by atoms with Crippen LogP contribution in [0.2, 0.25) is 0 Å². The lowest BCUT2D eigenvalue weighted by Crippen LogP contribution is -2.10. The van der Waals surface area contributed by atoms with Gasteiger partial charge in [0.25, 0.3) is 0 Å². The standard InChI is InChI=1S/C56H38N2/c1-2-19-48(20-3-1)58-54-25-9-8-23-53(54)56-52(24-12-26-55(56)58)47-18-11-22-51(38-47)57(49-33-31-41(32-34-49)45-29-27-39-13-4-6-15-42(39)35-45)50-21-10-17-44(37-50)46-30-28-40-14-5-7-16-43(40)36-46/h1-38H. The van der Waals surface area contributed by atoms with Gasteiger partial charge in [0, 0.05) is 33.5 Å². The molecule has 11 rings (SSSR count). The molecule has 2 heteroatoms. The molecule has 1 heterocycles. The van der Waals surface area contributed by atoms with E-state index < -0.39 is 0 Å². The molecule has 0 unspecified atom stereocenters. The fraction of sp³-hybridized carbons (Fsp3) is 0. The predicted molar refractivity (Wildman–Crippen MR) is 247 cm³/mol. The molecule has 272 valence electrons. The third kappa shape index (κ3) is 5.91. The van der Waals surface area contributed by atoms with E-state index in [1.165, 1.54) is 76.7 Å². The third-order valence-corrected chi connectivity index (χ3v) is 11.5. The maximum atomic E-state index is 2.39. The first-order chi connectivity index (χ1) is 28.7. The third-order valence-electron chi connectivity index (χ3n) is 11.5. The van der Waals surface area contributed by atoms with Gasteiger partial charge in [-0.15, -0.1) is 0 Å². The van der Waals surface area contributed by atoms with Crippen molar-refractivity contribution in [1.29, 1.82) is 0 Å². The average Bonchev–Trinajstić information content (AvgIpc) is 3.64. The van der Waals surface area contributed by atoms with Gasteiger partial charge in [-0.25, -0.2) is 0 Å². The van der Waals surface area contributed by atoms with Crippen LogP contribution >= 0.6 is 0 Å². The maximum Gasteiger partial charge on any atom is 0.0547 e. The van der Waals surface area contributed by atoms with E-state index in [9.17, 15) is 0 Å². The highest BCUT2D eigenvalue weighted by molar-refractivity contribution is 6.16. The molecule has 0 atom stereocenters. The van der Waals surface area contributed by atoms with E-state index >= 15 is 0 Å². The van der Waals surface area contributed by atoms with Crippen LogP contribution in [0.4, 0.5) is 17.1 Å². The van der Waals surface area contributed by atoms with Gasteiger partial charge in [0.2, 0.25) is 0 Å². The van der Waals surface area contributed by atoms with Gasteiger partial charge in [-0.1, -0.05) is 158 Å². The summed E-state index contributed by atoms with van der Waals surface area (Å²) >= 11 is 0. The van der Waals surface area contributed by atoms with Crippen LogP contribution < -0.4 is 4.90 Å². The second kappa shape index (κ2) is 14.1. The Labute approximate surface area is 338 Å². The molecular formula is C56H38N2. The average molecular weight is 739 g/mol. The van der Waals surface area contributed by atoms with Crippen LogP contribution in [0.5, 0.6) is 0 Å². The number of aromatic nitrogens is 1. The molecule has 0 aliphatic carbocycles. The summed E-state index contributed by atoms with van der Waals surface area (Å²) in [5.74, 6) is 0. The summed E-state index contributed by atoms with van der Waals surface area (Å²) < 4.78 is 2.39. The van der Waals surface area contributed by atoms with E-state index in [4.69, 9.17) is 0 Å². The Morgan fingerprint density at radius 1 is 0.293 bits per heavy atom. The molecule has 0 amide bonds. The molecule has 0 radical (unpaired) electrons. The molecule has 0 spiro atoms. The summed E-state index contributed by atoms with van der Waals surface area (Å²) in [7, 11) is 0. The Morgan fingerprint density at radius 2 is 0.810 bits per heavy atom. The van der Waals surface area contributed by atoms with E-state index in [-0.39, 0.29) is 0 Å². The van der Waals surface area contributed by atoms with Crippen LogP contribution in [-0.4, -0.2) is 4.57 Å². The number of rotatable bonds is 7. The van der Waals surface area contributed by atoms with Gasteiger partial charge < -0.3 is 9.47 Å². The van der Waals surface area contributed by atoms with Crippen molar-refractivity contribution in [2.24, 2.45) is 0 Å². The highest BCUT2D eigenvalue weighted by Gasteiger charge is 2.19. The summed E-state index contributed by atoms with van der Waals surface area (Å²) in [5, 5.41) is 7.47. The van der Waals surface area contributed by atoms with Crippen LogP contribution in [0, 0.1) is 0 Å². The molecule has 0 N–H and O–H groups in total. The second-order valence-electron chi connectivity index (χ2n) is 15.0. The fourth-order valence-electron chi connectivity index (χ4n) is 8.74. The highest BCUT2D eigenvalue weighted by Crippen LogP contribution is 2.42. The molecule has 1 aromatic heterocycles. The summed E-state index contributed by atoms with van der Waals surface area (Å²) in [5.41, 5.74) is 14.0. The lowest BCUT2D eigenvalue weighted by molar-refractivity contribution is 1.18. The minimum absolute atomic E-state index is 1.09. The van der Waals surface area contributed by atoms with Crippen molar-refractivity contribution in [3.63, 3.8) is 0 Å². The first kappa shape index (κ1) is 33.6. The largest absolute Gasteiger partial charge is 0.310 e. The van der Waals surface area contributed by atoms with E-state index in [2.05, 4.69) is 240 Å². The lowest BCUT2D eigenvalue weighted by atomic mass is 9.98. The molecule has 0 aliphatic rings.